The highest BCUT2D eigenvalue weighted by Gasteiger charge is 2.16. The van der Waals surface area contributed by atoms with Crippen molar-refractivity contribution in [2.24, 2.45) is 0 Å². The topological polar surface area (TPSA) is 64.9 Å². The molecule has 1 aromatic rings. The summed E-state index contributed by atoms with van der Waals surface area (Å²) in [7, 11) is 0. The van der Waals surface area contributed by atoms with Gasteiger partial charge in [-0.15, -0.1) is 0 Å². The van der Waals surface area contributed by atoms with Gasteiger partial charge in [-0.3, -0.25) is 4.79 Å². The van der Waals surface area contributed by atoms with Gasteiger partial charge in [0.25, 0.3) is 0 Å². The minimum Gasteiger partial charge on any atom is -0.353 e. The first-order valence-electron chi connectivity index (χ1n) is 6.53. The van der Waals surface area contributed by atoms with Crippen LogP contribution in [0.4, 0.5) is 0 Å². The number of rotatable bonds is 6. The van der Waals surface area contributed by atoms with Gasteiger partial charge in [0.05, 0.1) is 18.0 Å². The lowest BCUT2D eigenvalue weighted by Crippen LogP contribution is -2.45. The predicted molar refractivity (Wildman–Crippen MR) is 75.5 cm³/mol. The molecule has 2 atom stereocenters. The molecule has 2 N–H and O–H groups in total. The van der Waals surface area contributed by atoms with E-state index in [1.807, 2.05) is 44.2 Å². The van der Waals surface area contributed by atoms with Crippen LogP contribution in [0.5, 0.6) is 0 Å². The molecule has 0 fully saturated rings. The molecule has 1 amide bonds. The molecule has 102 valence electrons. The minimum absolute atomic E-state index is 0.0419. The Morgan fingerprint density at radius 2 is 1.89 bits per heavy atom. The smallest absolute Gasteiger partial charge is 0.237 e. The minimum atomic E-state index is -0.304. The molecule has 0 saturated heterocycles. The highest BCUT2D eigenvalue weighted by atomic mass is 16.2. The van der Waals surface area contributed by atoms with E-state index in [-0.39, 0.29) is 23.9 Å². The van der Waals surface area contributed by atoms with E-state index in [0.717, 1.165) is 5.56 Å². The van der Waals surface area contributed by atoms with Crippen molar-refractivity contribution in [1.29, 1.82) is 5.26 Å². The molecule has 19 heavy (non-hydrogen) atoms. The number of nitriles is 1. The zero-order valence-corrected chi connectivity index (χ0v) is 11.7. The Hall–Kier alpha value is -1.86. The number of amides is 1. The Labute approximate surface area is 114 Å². The number of benzene rings is 1. The van der Waals surface area contributed by atoms with Gasteiger partial charge in [-0.2, -0.15) is 5.26 Å². The number of carbonyl (C=O) groups excluding carboxylic acids is 1. The average Bonchev–Trinajstić information content (AvgIpc) is 2.39. The molecule has 0 saturated carbocycles. The second-order valence-corrected chi connectivity index (χ2v) is 4.89. The third kappa shape index (κ3) is 5.11. The van der Waals surface area contributed by atoms with Crippen LogP contribution < -0.4 is 10.6 Å². The van der Waals surface area contributed by atoms with Gasteiger partial charge < -0.3 is 10.6 Å². The molecule has 0 aliphatic carbocycles. The number of carbonyl (C=O) groups is 1. The van der Waals surface area contributed by atoms with E-state index in [4.69, 9.17) is 0 Å². The first kappa shape index (κ1) is 15.2. The van der Waals surface area contributed by atoms with Gasteiger partial charge in [0, 0.05) is 12.6 Å². The second kappa shape index (κ2) is 7.55. The molecule has 4 nitrogen and oxygen atoms in total. The molecule has 1 rings (SSSR count). The molecular formula is C15H21N3O. The van der Waals surface area contributed by atoms with Gasteiger partial charge in [-0.05, 0) is 26.3 Å². The van der Waals surface area contributed by atoms with Crippen LogP contribution in [0.3, 0.4) is 0 Å². The number of hydrogen-bond acceptors (Lipinski definition) is 3. The molecule has 0 heterocycles. The third-order valence-corrected chi connectivity index (χ3v) is 2.81. The Morgan fingerprint density at radius 1 is 1.26 bits per heavy atom. The number of nitrogens with one attached hydrogen (secondary N) is 2. The predicted octanol–water partition coefficient (Wildman–Crippen LogP) is 1.80. The van der Waals surface area contributed by atoms with Crippen LogP contribution in [0.15, 0.2) is 30.3 Å². The van der Waals surface area contributed by atoms with Crippen LogP contribution in [0, 0.1) is 11.3 Å². The van der Waals surface area contributed by atoms with Gasteiger partial charge in [-0.1, -0.05) is 30.3 Å². The summed E-state index contributed by atoms with van der Waals surface area (Å²) in [4.78, 5) is 11.7. The summed E-state index contributed by atoms with van der Waals surface area (Å²) in [5.41, 5.74) is 0.967. The summed E-state index contributed by atoms with van der Waals surface area (Å²) in [6.07, 6.45) is 0. The van der Waals surface area contributed by atoms with Crippen molar-refractivity contribution >= 4 is 5.91 Å². The van der Waals surface area contributed by atoms with Gasteiger partial charge in [0.15, 0.2) is 0 Å². The van der Waals surface area contributed by atoms with E-state index in [1.54, 1.807) is 6.92 Å². The number of nitrogens with zero attached hydrogens (tertiary/aromatic N) is 1. The van der Waals surface area contributed by atoms with Crippen molar-refractivity contribution < 1.29 is 4.79 Å². The Bertz CT molecular complexity index is 436. The van der Waals surface area contributed by atoms with Crippen LogP contribution in [0.1, 0.15) is 32.3 Å². The Balaban J connectivity index is 2.51. The van der Waals surface area contributed by atoms with Crippen LogP contribution in [-0.4, -0.2) is 24.5 Å². The van der Waals surface area contributed by atoms with Crippen LogP contribution in [0.25, 0.3) is 0 Å². The molecule has 2 unspecified atom stereocenters. The van der Waals surface area contributed by atoms with E-state index < -0.39 is 0 Å². The largest absolute Gasteiger partial charge is 0.353 e. The fourth-order valence-electron chi connectivity index (χ4n) is 1.72. The van der Waals surface area contributed by atoms with Crippen LogP contribution in [0.2, 0.25) is 0 Å². The maximum Gasteiger partial charge on any atom is 0.237 e. The van der Waals surface area contributed by atoms with Crippen molar-refractivity contribution in [2.45, 2.75) is 38.8 Å². The maximum atomic E-state index is 11.7. The molecule has 0 bridgehead atoms. The van der Waals surface area contributed by atoms with Gasteiger partial charge in [0.2, 0.25) is 5.91 Å². The van der Waals surface area contributed by atoms with Crippen molar-refractivity contribution in [3.8, 4) is 6.07 Å². The van der Waals surface area contributed by atoms with E-state index in [2.05, 4.69) is 16.7 Å². The fraction of sp³-hybridized carbons (Fsp3) is 0.467. The average molecular weight is 259 g/mol. The maximum absolute atomic E-state index is 11.7. The van der Waals surface area contributed by atoms with Crippen molar-refractivity contribution in [3.05, 3.63) is 35.9 Å². The van der Waals surface area contributed by atoms with E-state index >= 15 is 0 Å². The van der Waals surface area contributed by atoms with Crippen LogP contribution >= 0.6 is 0 Å². The lowest BCUT2D eigenvalue weighted by molar-refractivity contribution is -0.123. The normalized spacial score (nSPS) is 13.6. The molecule has 0 aliphatic heterocycles. The summed E-state index contributed by atoms with van der Waals surface area (Å²) < 4.78 is 0. The molecule has 4 heteroatoms. The van der Waals surface area contributed by atoms with Crippen molar-refractivity contribution in [1.82, 2.24) is 10.6 Å². The molecule has 0 radical (unpaired) electrons. The molecule has 1 aromatic carbocycles. The third-order valence-electron chi connectivity index (χ3n) is 2.81. The van der Waals surface area contributed by atoms with Crippen LogP contribution in [-0.2, 0) is 4.79 Å². The Morgan fingerprint density at radius 3 is 2.42 bits per heavy atom. The molecular weight excluding hydrogens is 238 g/mol. The summed E-state index contributed by atoms with van der Waals surface area (Å²) in [5.74, 6) is -0.282. The first-order valence-corrected chi connectivity index (χ1v) is 6.53. The quantitative estimate of drug-likeness (QED) is 0.818. The second-order valence-electron chi connectivity index (χ2n) is 4.89. The van der Waals surface area contributed by atoms with Gasteiger partial charge >= 0.3 is 0 Å². The van der Waals surface area contributed by atoms with E-state index in [9.17, 15) is 10.1 Å². The van der Waals surface area contributed by atoms with E-state index in [0.29, 0.717) is 6.54 Å². The SMILES string of the molecule is CC(C)NC(=O)C(C)NCC(C#N)c1ccccc1. The monoisotopic (exact) mass is 259 g/mol. The molecule has 0 aliphatic rings. The van der Waals surface area contributed by atoms with Crippen molar-refractivity contribution in [3.63, 3.8) is 0 Å². The fourth-order valence-corrected chi connectivity index (χ4v) is 1.72. The zero-order valence-electron chi connectivity index (χ0n) is 11.7. The standard InChI is InChI=1S/C15H21N3O/c1-11(2)18-15(19)12(3)17-10-14(9-16)13-7-5-4-6-8-13/h4-8,11-12,14,17H,10H2,1-3H3,(H,18,19). The summed E-state index contributed by atoms with van der Waals surface area (Å²) >= 11 is 0. The first-order chi connectivity index (χ1) is 9.04. The van der Waals surface area contributed by atoms with Gasteiger partial charge in [0.1, 0.15) is 0 Å². The summed E-state index contributed by atoms with van der Waals surface area (Å²) in [6, 6.07) is 11.7. The van der Waals surface area contributed by atoms with Crippen molar-refractivity contribution in [2.75, 3.05) is 6.54 Å². The lowest BCUT2D eigenvalue weighted by atomic mass is 10.0. The molecule has 0 aromatic heterocycles. The highest BCUT2D eigenvalue weighted by molar-refractivity contribution is 5.81. The van der Waals surface area contributed by atoms with Gasteiger partial charge in [-0.25, -0.2) is 0 Å². The lowest BCUT2D eigenvalue weighted by Gasteiger charge is -2.18. The Kier molecular flexibility index (Phi) is 6.04. The summed E-state index contributed by atoms with van der Waals surface area (Å²) in [6.45, 7) is 6.11. The zero-order chi connectivity index (χ0) is 14.3. The van der Waals surface area contributed by atoms with E-state index in [1.165, 1.54) is 0 Å². The summed E-state index contributed by atoms with van der Waals surface area (Å²) in [5, 5.41) is 15.1. The number of hydrogen-bond donors (Lipinski definition) is 2. The highest BCUT2D eigenvalue weighted by Crippen LogP contribution is 2.13. The molecule has 0 spiro atoms.